The van der Waals surface area contributed by atoms with Gasteiger partial charge in [-0.15, -0.1) is 0 Å². The maximum absolute atomic E-state index is 14.5. The first kappa shape index (κ1) is 24.4. The second kappa shape index (κ2) is 9.88. The Balaban J connectivity index is 1.87. The molecule has 2 aromatic heterocycles. The van der Waals surface area contributed by atoms with Crippen LogP contribution < -0.4 is 20.7 Å². The van der Waals surface area contributed by atoms with E-state index in [4.69, 9.17) is 16.1 Å². The Bertz CT molecular complexity index is 1530. The molecule has 0 aliphatic carbocycles. The van der Waals surface area contributed by atoms with Gasteiger partial charge < -0.3 is 20.0 Å². The number of nitriles is 1. The number of hydrogen-bond donors (Lipinski definition) is 3. The predicted molar refractivity (Wildman–Crippen MR) is 131 cm³/mol. The van der Waals surface area contributed by atoms with Crippen LogP contribution in [0.3, 0.4) is 0 Å². The highest BCUT2D eigenvalue weighted by Gasteiger charge is 2.36. The fourth-order valence-electron chi connectivity index (χ4n) is 3.85. The molecule has 0 radical (unpaired) electrons. The van der Waals surface area contributed by atoms with E-state index in [9.17, 15) is 19.8 Å². The maximum Gasteiger partial charge on any atom is 0.324 e. The van der Waals surface area contributed by atoms with Gasteiger partial charge in [-0.3, -0.25) is 9.36 Å². The second-order valence-electron chi connectivity index (χ2n) is 7.79. The Kier molecular flexibility index (Phi) is 6.90. The Morgan fingerprint density at radius 1 is 1.31 bits per heavy atom. The van der Waals surface area contributed by atoms with E-state index in [1.807, 2.05) is 6.92 Å². The summed E-state index contributed by atoms with van der Waals surface area (Å²) in [6, 6.07) is 12.0. The van der Waals surface area contributed by atoms with Crippen molar-refractivity contribution >= 4 is 46.4 Å². The van der Waals surface area contributed by atoms with Gasteiger partial charge in [-0.25, -0.2) is 0 Å². The minimum absolute atomic E-state index is 0.0497. The summed E-state index contributed by atoms with van der Waals surface area (Å²) in [4.78, 5) is 20.2. The van der Waals surface area contributed by atoms with Crippen molar-refractivity contribution in [2.24, 2.45) is 0 Å². The Morgan fingerprint density at radius 3 is 2.80 bits per heavy atom. The molecule has 0 spiro atoms. The third-order valence-electron chi connectivity index (χ3n) is 5.54. The summed E-state index contributed by atoms with van der Waals surface area (Å²) in [5.41, 5.74) is 2.30. The highest BCUT2D eigenvalue weighted by Crippen LogP contribution is 2.47. The van der Waals surface area contributed by atoms with Crippen molar-refractivity contribution in [3.63, 3.8) is 0 Å². The normalized spacial score (nSPS) is 12.7. The van der Waals surface area contributed by atoms with E-state index in [0.717, 1.165) is 10.3 Å². The van der Waals surface area contributed by atoms with E-state index in [0.29, 0.717) is 38.8 Å². The molecule has 0 saturated carbocycles. The van der Waals surface area contributed by atoms with Gasteiger partial charge in [0.2, 0.25) is 0 Å². The molecule has 3 N–H and O–H groups in total. The molecule has 0 aliphatic heterocycles. The number of aryl methyl sites for hydroxylation is 1. The largest absolute Gasteiger partial charge is 0.350 e. The van der Waals surface area contributed by atoms with Crippen LogP contribution in [0, 0.1) is 11.3 Å². The Labute approximate surface area is 206 Å². The SMILES string of the molecule is CCc1cc(C#N)cc(P(=O)(OC)c2c(C(=O)NCc3cnc[n+](O)c3)[nH]c3ccc(Cl)cc23)c1. The van der Waals surface area contributed by atoms with Crippen molar-refractivity contribution in [1.82, 2.24) is 15.3 Å². The number of benzene rings is 2. The molecule has 1 unspecified atom stereocenters. The van der Waals surface area contributed by atoms with E-state index < -0.39 is 13.3 Å². The molecule has 0 bridgehead atoms. The molecule has 1 atom stereocenters. The van der Waals surface area contributed by atoms with Crippen molar-refractivity contribution in [3.8, 4) is 6.07 Å². The molecule has 0 fully saturated rings. The van der Waals surface area contributed by atoms with Gasteiger partial charge in [0.15, 0.2) is 0 Å². The summed E-state index contributed by atoms with van der Waals surface area (Å²) in [7, 11) is -2.54. The average Bonchev–Trinajstić information content (AvgIpc) is 3.25. The number of aromatic nitrogens is 3. The van der Waals surface area contributed by atoms with Gasteiger partial charge in [0.1, 0.15) is 18.1 Å². The lowest BCUT2D eigenvalue weighted by atomic mass is 10.1. The van der Waals surface area contributed by atoms with Gasteiger partial charge in [0.25, 0.3) is 13.3 Å². The quantitative estimate of drug-likeness (QED) is 0.199. The number of nitrogens with zero attached hydrogens (tertiary/aromatic N) is 3. The number of H-pyrrole nitrogens is 1. The lowest BCUT2D eigenvalue weighted by Gasteiger charge is -2.19. The predicted octanol–water partition coefficient (Wildman–Crippen LogP) is 2.98. The van der Waals surface area contributed by atoms with Crippen LogP contribution in [-0.2, 0) is 22.1 Å². The van der Waals surface area contributed by atoms with Gasteiger partial charge >= 0.3 is 6.33 Å². The van der Waals surface area contributed by atoms with E-state index in [1.54, 1.807) is 30.3 Å². The smallest absolute Gasteiger partial charge is 0.324 e. The van der Waals surface area contributed by atoms with Gasteiger partial charge in [-0.05, 0) is 48.4 Å². The summed E-state index contributed by atoms with van der Waals surface area (Å²) in [5.74, 6) is -0.537. The lowest BCUT2D eigenvalue weighted by molar-refractivity contribution is -0.907. The molecule has 4 rings (SSSR count). The molecule has 0 aliphatic rings. The molecule has 1 amide bonds. The van der Waals surface area contributed by atoms with Crippen LogP contribution in [0.25, 0.3) is 10.9 Å². The molecular formula is C24H22ClN5O4P+. The Hall–Kier alpha value is -3.70. The zero-order valence-electron chi connectivity index (χ0n) is 18.9. The third kappa shape index (κ3) is 4.77. The van der Waals surface area contributed by atoms with E-state index >= 15 is 0 Å². The molecule has 178 valence electrons. The molecule has 2 aromatic carbocycles. The third-order valence-corrected chi connectivity index (χ3v) is 8.28. The van der Waals surface area contributed by atoms with E-state index in [1.165, 1.54) is 31.9 Å². The summed E-state index contributed by atoms with van der Waals surface area (Å²) in [6.45, 7) is 1.99. The summed E-state index contributed by atoms with van der Waals surface area (Å²) in [6.07, 6.45) is 4.73. The standard InChI is InChI=1S/C24H21ClN5O4P/c1-3-15-6-16(10-26)8-19(7-15)35(33,34-2)23-20-9-18(25)4-5-21(20)29-22(23)24(31)28-12-17-11-27-14-30(32)13-17/h4-9,11,13-14H,3,12H2,1-2H3,(H2-,28,29,31,32,33)/p+1. The monoisotopic (exact) mass is 510 g/mol. The highest BCUT2D eigenvalue weighted by molar-refractivity contribution is 7.75. The van der Waals surface area contributed by atoms with Crippen molar-refractivity contribution in [2.75, 3.05) is 7.11 Å². The van der Waals surface area contributed by atoms with Crippen LogP contribution in [0.15, 0.2) is 55.1 Å². The zero-order chi connectivity index (χ0) is 25.2. The maximum atomic E-state index is 14.5. The van der Waals surface area contributed by atoms with Crippen LogP contribution >= 0.6 is 19.0 Å². The molecule has 4 aromatic rings. The van der Waals surface area contributed by atoms with Crippen molar-refractivity contribution < 1.29 is 23.8 Å². The average molecular weight is 511 g/mol. The minimum atomic E-state index is -3.86. The van der Waals surface area contributed by atoms with Gasteiger partial charge in [0.05, 0.1) is 29.0 Å². The summed E-state index contributed by atoms with van der Waals surface area (Å²) in [5, 5.41) is 23.2. The number of rotatable bonds is 7. The minimum Gasteiger partial charge on any atom is -0.350 e. The van der Waals surface area contributed by atoms with Gasteiger partial charge in [-0.2, -0.15) is 5.26 Å². The number of halogens is 1. The van der Waals surface area contributed by atoms with Crippen LogP contribution in [0.4, 0.5) is 0 Å². The molecule has 35 heavy (non-hydrogen) atoms. The number of aromatic amines is 1. The summed E-state index contributed by atoms with van der Waals surface area (Å²) < 4.78 is 21.0. The second-order valence-corrected chi connectivity index (χ2v) is 10.7. The first-order chi connectivity index (χ1) is 16.8. The molecule has 11 heteroatoms. The van der Waals surface area contributed by atoms with Crippen LogP contribution in [-0.4, -0.2) is 28.2 Å². The number of hydrogen-bond acceptors (Lipinski definition) is 6. The summed E-state index contributed by atoms with van der Waals surface area (Å²) >= 11 is 6.25. The van der Waals surface area contributed by atoms with Crippen LogP contribution in [0.1, 0.15) is 34.1 Å². The molecule has 0 saturated heterocycles. The van der Waals surface area contributed by atoms with Crippen LogP contribution in [0.2, 0.25) is 5.02 Å². The molecular weight excluding hydrogens is 489 g/mol. The fraction of sp³-hybridized carbons (Fsp3) is 0.167. The first-order valence-electron chi connectivity index (χ1n) is 10.6. The topological polar surface area (TPSA) is 132 Å². The fourth-order valence-corrected chi connectivity index (χ4v) is 6.28. The number of carbonyl (C=O) groups is 1. The number of carbonyl (C=O) groups excluding carboxylic acids is 1. The number of nitrogens with one attached hydrogen (secondary N) is 2. The Morgan fingerprint density at radius 2 is 2.11 bits per heavy atom. The van der Waals surface area contributed by atoms with Gasteiger partial charge in [0, 0.05) is 28.3 Å². The zero-order valence-corrected chi connectivity index (χ0v) is 20.6. The molecule has 9 nitrogen and oxygen atoms in total. The number of amides is 1. The van der Waals surface area contributed by atoms with Crippen LogP contribution in [0.5, 0.6) is 0 Å². The van der Waals surface area contributed by atoms with E-state index in [2.05, 4.69) is 21.4 Å². The van der Waals surface area contributed by atoms with Crippen molar-refractivity contribution in [1.29, 1.82) is 5.26 Å². The van der Waals surface area contributed by atoms with Gasteiger partial charge in [-0.1, -0.05) is 28.2 Å². The molecule has 2 heterocycles. The highest BCUT2D eigenvalue weighted by atomic mass is 35.5. The first-order valence-corrected chi connectivity index (χ1v) is 12.6. The van der Waals surface area contributed by atoms with Crippen molar-refractivity contribution in [2.45, 2.75) is 19.9 Å². The van der Waals surface area contributed by atoms with E-state index in [-0.39, 0.29) is 17.5 Å². The lowest BCUT2D eigenvalue weighted by Crippen LogP contribution is -2.33. The number of fused-ring (bicyclic) bond motifs is 1. The van der Waals surface area contributed by atoms with Crippen molar-refractivity contribution in [3.05, 3.63) is 82.5 Å².